The highest BCUT2D eigenvalue weighted by Gasteiger charge is 2.01. The number of ether oxygens (including phenoxy) is 1. The van der Waals surface area contributed by atoms with E-state index in [1.165, 1.54) is 11.9 Å². The summed E-state index contributed by atoms with van der Waals surface area (Å²) in [5.41, 5.74) is 2.40. The van der Waals surface area contributed by atoms with Gasteiger partial charge in [0, 0.05) is 18.3 Å². The summed E-state index contributed by atoms with van der Waals surface area (Å²) in [7, 11) is 1.59. The molecule has 0 radical (unpaired) electrons. The van der Waals surface area contributed by atoms with E-state index < -0.39 is 0 Å². The van der Waals surface area contributed by atoms with Gasteiger partial charge in [-0.3, -0.25) is 5.10 Å². The molecule has 0 saturated carbocycles. The van der Waals surface area contributed by atoms with E-state index in [4.69, 9.17) is 4.74 Å². The van der Waals surface area contributed by atoms with Gasteiger partial charge in [-0.2, -0.15) is 5.10 Å². The highest BCUT2D eigenvalue weighted by atomic mass is 16.5. The van der Waals surface area contributed by atoms with Gasteiger partial charge >= 0.3 is 0 Å². The molecule has 0 spiro atoms. The predicted octanol–water partition coefficient (Wildman–Crippen LogP) is 1.56. The molecule has 2 aromatic heterocycles. The largest absolute Gasteiger partial charge is 0.481 e. The Morgan fingerprint density at radius 1 is 1.39 bits per heavy atom. The third-order valence-electron chi connectivity index (χ3n) is 2.71. The molecule has 0 aliphatic rings. The normalized spacial score (nSPS) is 10.3. The van der Waals surface area contributed by atoms with Crippen LogP contribution in [0.15, 0.2) is 18.6 Å². The summed E-state index contributed by atoms with van der Waals surface area (Å²) in [6, 6.07) is 1.78. The van der Waals surface area contributed by atoms with E-state index in [-0.39, 0.29) is 0 Å². The lowest BCUT2D eigenvalue weighted by atomic mass is 10.1. The Balaban J connectivity index is 1.76. The predicted molar refractivity (Wildman–Crippen MR) is 68.7 cm³/mol. The summed E-state index contributed by atoms with van der Waals surface area (Å²) in [5, 5.41) is 10.2. The quantitative estimate of drug-likeness (QED) is 0.758. The Kier molecular flexibility index (Phi) is 4.11. The summed E-state index contributed by atoms with van der Waals surface area (Å²) in [4.78, 5) is 8.07. The lowest BCUT2D eigenvalue weighted by Crippen LogP contribution is -2.05. The number of hydrogen-bond donors (Lipinski definition) is 2. The highest BCUT2D eigenvalue weighted by molar-refractivity contribution is 5.36. The zero-order valence-corrected chi connectivity index (χ0v) is 10.6. The second-order valence-electron chi connectivity index (χ2n) is 4.00. The Morgan fingerprint density at radius 3 is 3.00 bits per heavy atom. The van der Waals surface area contributed by atoms with Gasteiger partial charge in [-0.05, 0) is 25.3 Å². The van der Waals surface area contributed by atoms with E-state index in [9.17, 15) is 0 Å². The number of nitrogens with zero attached hydrogens (tertiary/aromatic N) is 3. The number of aromatic amines is 1. The molecule has 0 atom stereocenters. The molecule has 0 aliphatic heterocycles. The first kappa shape index (κ1) is 12.3. The number of H-pyrrole nitrogens is 1. The minimum absolute atomic E-state index is 0.568. The Labute approximate surface area is 106 Å². The lowest BCUT2D eigenvalue weighted by Gasteiger charge is -2.06. The number of aryl methyl sites for hydroxylation is 2. The molecule has 0 bridgehead atoms. The molecule has 0 fully saturated rings. The summed E-state index contributed by atoms with van der Waals surface area (Å²) in [5.74, 6) is 1.35. The van der Waals surface area contributed by atoms with Crippen molar-refractivity contribution in [2.75, 3.05) is 19.0 Å². The van der Waals surface area contributed by atoms with Crippen LogP contribution >= 0.6 is 0 Å². The fourth-order valence-corrected chi connectivity index (χ4v) is 1.67. The first-order valence-electron chi connectivity index (χ1n) is 5.88. The van der Waals surface area contributed by atoms with Crippen LogP contribution in [0.25, 0.3) is 0 Å². The second-order valence-corrected chi connectivity index (χ2v) is 4.00. The van der Waals surface area contributed by atoms with Crippen molar-refractivity contribution in [2.24, 2.45) is 0 Å². The SMILES string of the molecule is COc1cc(NCCCc2cn[nH]c2C)ncn1. The third-order valence-corrected chi connectivity index (χ3v) is 2.71. The Bertz CT molecular complexity index is 497. The maximum atomic E-state index is 5.03. The summed E-state index contributed by atoms with van der Waals surface area (Å²) >= 11 is 0. The zero-order valence-electron chi connectivity index (χ0n) is 10.6. The van der Waals surface area contributed by atoms with Crippen molar-refractivity contribution in [3.63, 3.8) is 0 Å². The molecule has 96 valence electrons. The fourth-order valence-electron chi connectivity index (χ4n) is 1.67. The molecule has 2 rings (SSSR count). The number of aromatic nitrogens is 4. The number of hydrogen-bond acceptors (Lipinski definition) is 5. The van der Waals surface area contributed by atoms with Crippen LogP contribution < -0.4 is 10.1 Å². The molecule has 0 unspecified atom stereocenters. The van der Waals surface area contributed by atoms with E-state index in [0.29, 0.717) is 5.88 Å². The number of nitrogens with one attached hydrogen (secondary N) is 2. The third kappa shape index (κ3) is 3.19. The van der Waals surface area contributed by atoms with Crippen LogP contribution in [0.1, 0.15) is 17.7 Å². The van der Waals surface area contributed by atoms with Gasteiger partial charge in [0.2, 0.25) is 5.88 Å². The van der Waals surface area contributed by atoms with Gasteiger partial charge in [-0.25, -0.2) is 9.97 Å². The molecule has 2 aromatic rings. The number of anilines is 1. The minimum Gasteiger partial charge on any atom is -0.481 e. The zero-order chi connectivity index (χ0) is 12.8. The molecule has 6 nitrogen and oxygen atoms in total. The smallest absolute Gasteiger partial charge is 0.218 e. The van der Waals surface area contributed by atoms with Crippen LogP contribution in [0, 0.1) is 6.92 Å². The minimum atomic E-state index is 0.568. The van der Waals surface area contributed by atoms with E-state index in [1.54, 1.807) is 13.2 Å². The van der Waals surface area contributed by atoms with Crippen molar-refractivity contribution in [1.29, 1.82) is 0 Å². The first-order chi connectivity index (χ1) is 8.79. The van der Waals surface area contributed by atoms with E-state index in [2.05, 4.69) is 25.5 Å². The second kappa shape index (κ2) is 6.00. The molecule has 0 aromatic carbocycles. The first-order valence-corrected chi connectivity index (χ1v) is 5.88. The molecular weight excluding hydrogens is 230 g/mol. The maximum Gasteiger partial charge on any atom is 0.218 e. The fraction of sp³-hybridized carbons (Fsp3) is 0.417. The molecule has 0 aliphatic carbocycles. The molecular formula is C12H17N5O. The van der Waals surface area contributed by atoms with Crippen LogP contribution in [-0.2, 0) is 6.42 Å². The monoisotopic (exact) mass is 247 g/mol. The van der Waals surface area contributed by atoms with Crippen LogP contribution in [0.3, 0.4) is 0 Å². The summed E-state index contributed by atoms with van der Waals surface area (Å²) in [6.45, 7) is 2.88. The van der Waals surface area contributed by atoms with Gasteiger partial charge in [-0.1, -0.05) is 0 Å². The van der Waals surface area contributed by atoms with E-state index in [0.717, 1.165) is 30.9 Å². The molecule has 6 heteroatoms. The average Bonchev–Trinajstić information content (AvgIpc) is 2.81. The van der Waals surface area contributed by atoms with Crippen molar-refractivity contribution >= 4 is 5.82 Å². The van der Waals surface area contributed by atoms with Gasteiger partial charge in [0.15, 0.2) is 0 Å². The van der Waals surface area contributed by atoms with Crippen LogP contribution in [0.2, 0.25) is 0 Å². The van der Waals surface area contributed by atoms with Gasteiger partial charge in [0.05, 0.1) is 13.3 Å². The van der Waals surface area contributed by atoms with Gasteiger partial charge in [0.1, 0.15) is 12.1 Å². The van der Waals surface area contributed by atoms with Crippen LogP contribution in [0.5, 0.6) is 5.88 Å². The molecule has 2 heterocycles. The van der Waals surface area contributed by atoms with Crippen molar-refractivity contribution in [3.05, 3.63) is 29.8 Å². The molecule has 18 heavy (non-hydrogen) atoms. The van der Waals surface area contributed by atoms with Gasteiger partial charge in [-0.15, -0.1) is 0 Å². The van der Waals surface area contributed by atoms with Gasteiger partial charge in [0.25, 0.3) is 0 Å². The van der Waals surface area contributed by atoms with Crippen molar-refractivity contribution in [2.45, 2.75) is 19.8 Å². The summed E-state index contributed by atoms with van der Waals surface area (Å²) in [6.07, 6.45) is 5.38. The molecule has 0 saturated heterocycles. The van der Waals surface area contributed by atoms with Gasteiger partial charge < -0.3 is 10.1 Å². The summed E-state index contributed by atoms with van der Waals surface area (Å²) < 4.78 is 5.03. The molecule has 2 N–H and O–H groups in total. The maximum absolute atomic E-state index is 5.03. The van der Waals surface area contributed by atoms with Crippen molar-refractivity contribution in [1.82, 2.24) is 20.2 Å². The van der Waals surface area contributed by atoms with Crippen molar-refractivity contribution < 1.29 is 4.74 Å². The van der Waals surface area contributed by atoms with E-state index >= 15 is 0 Å². The molecule has 0 amide bonds. The van der Waals surface area contributed by atoms with Crippen molar-refractivity contribution in [3.8, 4) is 5.88 Å². The van der Waals surface area contributed by atoms with Crippen LogP contribution in [-0.4, -0.2) is 33.8 Å². The Hall–Kier alpha value is -2.11. The lowest BCUT2D eigenvalue weighted by molar-refractivity contribution is 0.397. The standard InChI is InChI=1S/C12H17N5O/c1-9-10(7-16-17-9)4-3-5-13-11-6-12(18-2)15-8-14-11/h6-8H,3-5H2,1-2H3,(H,16,17)(H,13,14,15). The average molecular weight is 247 g/mol. The Morgan fingerprint density at radius 2 is 2.28 bits per heavy atom. The van der Waals surface area contributed by atoms with E-state index in [1.807, 2.05) is 13.1 Å². The van der Waals surface area contributed by atoms with Crippen LogP contribution in [0.4, 0.5) is 5.82 Å². The highest BCUT2D eigenvalue weighted by Crippen LogP contribution is 2.10. The number of methoxy groups -OCH3 is 1. The topological polar surface area (TPSA) is 75.7 Å². The number of rotatable bonds is 6.